The lowest BCUT2D eigenvalue weighted by atomic mass is 9.88. The Morgan fingerprint density at radius 3 is 2.67 bits per heavy atom. The number of hydrogen-bond donors (Lipinski definition) is 2. The van der Waals surface area contributed by atoms with Gasteiger partial charge in [0.15, 0.2) is 0 Å². The second-order valence-corrected chi connectivity index (χ2v) is 5.81. The summed E-state index contributed by atoms with van der Waals surface area (Å²) in [6.07, 6.45) is 2.96. The zero-order chi connectivity index (χ0) is 13.3. The first-order chi connectivity index (χ1) is 8.52. The number of benzene rings is 1. The third-order valence-electron chi connectivity index (χ3n) is 3.55. The van der Waals surface area contributed by atoms with Gasteiger partial charge in [0.1, 0.15) is 5.75 Å². The van der Waals surface area contributed by atoms with Crippen LogP contribution in [0.1, 0.15) is 43.2 Å². The number of rotatable bonds is 5. The minimum atomic E-state index is -0.802. The summed E-state index contributed by atoms with van der Waals surface area (Å²) in [5, 5.41) is 19.3. The molecule has 0 aliphatic heterocycles. The molecule has 1 unspecified atom stereocenters. The summed E-state index contributed by atoms with van der Waals surface area (Å²) in [4.78, 5) is 11.0. The van der Waals surface area contributed by atoms with Crippen molar-refractivity contribution in [3.8, 4) is 5.75 Å². The lowest BCUT2D eigenvalue weighted by Gasteiger charge is -2.18. The van der Waals surface area contributed by atoms with E-state index in [0.717, 1.165) is 34.9 Å². The van der Waals surface area contributed by atoms with Crippen LogP contribution in [-0.2, 0) is 11.2 Å². The van der Waals surface area contributed by atoms with Gasteiger partial charge in [-0.1, -0.05) is 22.9 Å². The molecule has 2 rings (SSSR count). The number of hydrogen-bond acceptors (Lipinski definition) is 2. The van der Waals surface area contributed by atoms with Crippen LogP contribution in [-0.4, -0.2) is 16.2 Å². The Balaban J connectivity index is 2.40. The summed E-state index contributed by atoms with van der Waals surface area (Å²) in [7, 11) is 0. The first-order valence-corrected chi connectivity index (χ1v) is 7.05. The summed E-state index contributed by atoms with van der Waals surface area (Å²) in [5.41, 5.74) is 1.65. The van der Waals surface area contributed by atoms with Crippen molar-refractivity contribution >= 4 is 21.9 Å². The highest BCUT2D eigenvalue weighted by atomic mass is 79.9. The molecule has 1 aromatic rings. The summed E-state index contributed by atoms with van der Waals surface area (Å²) in [6, 6.07) is 3.75. The Morgan fingerprint density at radius 1 is 1.50 bits per heavy atom. The molecule has 1 saturated carbocycles. The second-order valence-electron chi connectivity index (χ2n) is 4.90. The van der Waals surface area contributed by atoms with Gasteiger partial charge in [0.2, 0.25) is 0 Å². The van der Waals surface area contributed by atoms with Crippen LogP contribution in [0.5, 0.6) is 5.75 Å². The number of phenolic OH excluding ortho intramolecular Hbond substituents is 1. The van der Waals surface area contributed by atoms with Gasteiger partial charge in [-0.05, 0) is 48.4 Å². The SMILES string of the molecule is CCc1cc(Br)cc(C(CC(=O)O)C2CC2)c1O. The van der Waals surface area contributed by atoms with E-state index in [2.05, 4.69) is 15.9 Å². The van der Waals surface area contributed by atoms with Gasteiger partial charge < -0.3 is 10.2 Å². The highest BCUT2D eigenvalue weighted by Gasteiger charge is 2.35. The van der Waals surface area contributed by atoms with Crippen LogP contribution in [0.25, 0.3) is 0 Å². The van der Waals surface area contributed by atoms with Crippen LogP contribution in [0, 0.1) is 5.92 Å². The number of carbonyl (C=O) groups is 1. The van der Waals surface area contributed by atoms with Crippen molar-refractivity contribution < 1.29 is 15.0 Å². The molecule has 0 spiro atoms. The second kappa shape index (κ2) is 5.31. The lowest BCUT2D eigenvalue weighted by molar-refractivity contribution is -0.137. The van der Waals surface area contributed by atoms with Crippen LogP contribution in [0.4, 0.5) is 0 Å². The lowest BCUT2D eigenvalue weighted by Crippen LogP contribution is -2.09. The first kappa shape index (κ1) is 13.4. The van der Waals surface area contributed by atoms with Crippen LogP contribution < -0.4 is 0 Å². The fourth-order valence-electron chi connectivity index (χ4n) is 2.45. The molecule has 0 radical (unpaired) electrons. The molecule has 2 N–H and O–H groups in total. The fourth-order valence-corrected chi connectivity index (χ4v) is 2.97. The van der Waals surface area contributed by atoms with E-state index >= 15 is 0 Å². The Bertz CT molecular complexity index is 466. The molecule has 0 amide bonds. The smallest absolute Gasteiger partial charge is 0.303 e. The molecule has 98 valence electrons. The molecular formula is C14H17BrO3. The summed E-state index contributed by atoms with van der Waals surface area (Å²) < 4.78 is 0.906. The molecule has 0 saturated heterocycles. The quantitative estimate of drug-likeness (QED) is 0.872. The Hall–Kier alpha value is -1.03. The van der Waals surface area contributed by atoms with E-state index in [1.165, 1.54) is 0 Å². The van der Waals surface area contributed by atoms with Crippen molar-refractivity contribution in [3.63, 3.8) is 0 Å². The summed E-state index contributed by atoms with van der Waals surface area (Å²) in [5.74, 6) is -0.181. The van der Waals surface area contributed by atoms with Crippen molar-refractivity contribution in [2.24, 2.45) is 5.92 Å². The fraction of sp³-hybridized carbons (Fsp3) is 0.500. The van der Waals surface area contributed by atoms with E-state index in [4.69, 9.17) is 5.11 Å². The van der Waals surface area contributed by atoms with Gasteiger partial charge in [0, 0.05) is 10.4 Å². The monoisotopic (exact) mass is 312 g/mol. The van der Waals surface area contributed by atoms with Gasteiger partial charge >= 0.3 is 5.97 Å². The van der Waals surface area contributed by atoms with E-state index in [9.17, 15) is 9.90 Å². The Labute approximate surface area is 115 Å². The topological polar surface area (TPSA) is 57.5 Å². The predicted octanol–water partition coefficient (Wildman–Crippen LogP) is 3.69. The van der Waals surface area contributed by atoms with Crippen LogP contribution in [0.3, 0.4) is 0 Å². The van der Waals surface area contributed by atoms with Crippen molar-refractivity contribution in [2.75, 3.05) is 0 Å². The van der Waals surface area contributed by atoms with Gasteiger partial charge in [-0.2, -0.15) is 0 Å². The minimum Gasteiger partial charge on any atom is -0.507 e. The summed E-state index contributed by atoms with van der Waals surface area (Å²) >= 11 is 3.43. The van der Waals surface area contributed by atoms with Crippen molar-refractivity contribution in [3.05, 3.63) is 27.7 Å². The van der Waals surface area contributed by atoms with Gasteiger partial charge in [-0.25, -0.2) is 0 Å². The zero-order valence-corrected chi connectivity index (χ0v) is 11.9. The number of aliphatic carboxylic acids is 1. The number of phenols is 1. The molecule has 1 aliphatic carbocycles. The van der Waals surface area contributed by atoms with Crippen LogP contribution >= 0.6 is 15.9 Å². The number of carboxylic acid groups (broad SMARTS) is 1. The molecule has 1 aromatic carbocycles. The number of aryl methyl sites for hydroxylation is 1. The zero-order valence-electron chi connectivity index (χ0n) is 10.3. The molecule has 0 heterocycles. The van der Waals surface area contributed by atoms with Crippen molar-refractivity contribution in [1.82, 2.24) is 0 Å². The molecule has 4 heteroatoms. The molecule has 1 fully saturated rings. The maximum atomic E-state index is 11.0. The number of carboxylic acids is 1. The number of aromatic hydroxyl groups is 1. The van der Waals surface area contributed by atoms with Gasteiger partial charge in [-0.15, -0.1) is 0 Å². The molecule has 3 nitrogen and oxygen atoms in total. The first-order valence-electron chi connectivity index (χ1n) is 6.26. The van der Waals surface area contributed by atoms with Gasteiger partial charge in [0.05, 0.1) is 6.42 Å². The van der Waals surface area contributed by atoms with Crippen LogP contribution in [0.2, 0.25) is 0 Å². The normalized spacial score (nSPS) is 16.6. The van der Waals surface area contributed by atoms with Crippen molar-refractivity contribution in [1.29, 1.82) is 0 Å². The van der Waals surface area contributed by atoms with E-state index in [-0.39, 0.29) is 18.1 Å². The highest BCUT2D eigenvalue weighted by molar-refractivity contribution is 9.10. The maximum Gasteiger partial charge on any atom is 0.303 e. The third kappa shape index (κ3) is 2.86. The summed E-state index contributed by atoms with van der Waals surface area (Å²) in [6.45, 7) is 1.98. The number of halogens is 1. The third-order valence-corrected chi connectivity index (χ3v) is 4.01. The van der Waals surface area contributed by atoms with Crippen LogP contribution in [0.15, 0.2) is 16.6 Å². The van der Waals surface area contributed by atoms with E-state index in [1.54, 1.807) is 0 Å². The van der Waals surface area contributed by atoms with E-state index < -0.39 is 5.97 Å². The highest BCUT2D eigenvalue weighted by Crippen LogP contribution is 2.48. The Morgan fingerprint density at radius 2 is 2.17 bits per heavy atom. The standard InChI is InChI=1S/C14H17BrO3/c1-2-8-5-10(15)6-12(14(8)18)11(7-13(16)17)9-3-4-9/h5-6,9,11,18H,2-4,7H2,1H3,(H,16,17). The molecule has 1 atom stereocenters. The average molecular weight is 313 g/mol. The van der Waals surface area contributed by atoms with Crippen molar-refractivity contribution in [2.45, 2.75) is 38.5 Å². The molecular weight excluding hydrogens is 296 g/mol. The molecule has 18 heavy (non-hydrogen) atoms. The van der Waals surface area contributed by atoms with Gasteiger partial charge in [-0.3, -0.25) is 4.79 Å². The minimum absolute atomic E-state index is 0.0645. The van der Waals surface area contributed by atoms with E-state index in [0.29, 0.717) is 5.92 Å². The Kier molecular flexibility index (Phi) is 3.95. The van der Waals surface area contributed by atoms with Gasteiger partial charge in [0.25, 0.3) is 0 Å². The molecule has 0 aromatic heterocycles. The maximum absolute atomic E-state index is 11.0. The molecule has 0 bridgehead atoms. The average Bonchev–Trinajstić information content (AvgIpc) is 3.12. The largest absolute Gasteiger partial charge is 0.507 e. The predicted molar refractivity (Wildman–Crippen MR) is 72.9 cm³/mol. The molecule has 1 aliphatic rings. The van der Waals surface area contributed by atoms with E-state index in [1.807, 2.05) is 19.1 Å².